The average Bonchev–Trinajstić information content (AvgIpc) is 2.83. The van der Waals surface area contributed by atoms with Crippen LogP contribution in [0.4, 0.5) is 0 Å². The Hall–Kier alpha value is -1.49. The molecule has 2 rings (SSSR count). The number of rotatable bonds is 6. The van der Waals surface area contributed by atoms with Crippen molar-refractivity contribution >= 4 is 28.8 Å². The van der Waals surface area contributed by atoms with Gasteiger partial charge in [-0.3, -0.25) is 4.79 Å². The number of hydrogen-bond donors (Lipinski definition) is 1. The second kappa shape index (κ2) is 5.87. The molecule has 1 N–H and O–H groups in total. The minimum absolute atomic E-state index is 0.0346. The molecule has 0 amide bonds. The minimum atomic E-state index is -0.816. The van der Waals surface area contributed by atoms with E-state index in [2.05, 4.69) is 36.4 Å². The molecule has 0 radical (unpaired) electrons. The fourth-order valence-corrected chi connectivity index (χ4v) is 3.18. The molecule has 0 unspecified atom stereocenters. The maximum Gasteiger partial charge on any atom is 0.313 e. The van der Waals surface area contributed by atoms with Crippen LogP contribution in [0.1, 0.15) is 33.6 Å². The molecule has 0 spiro atoms. The van der Waals surface area contributed by atoms with E-state index < -0.39 is 5.97 Å². The van der Waals surface area contributed by atoms with E-state index in [9.17, 15) is 4.79 Å². The van der Waals surface area contributed by atoms with Crippen molar-refractivity contribution in [3.8, 4) is 0 Å². The van der Waals surface area contributed by atoms with E-state index in [1.807, 2.05) is 18.2 Å². The SMILES string of the molecule is CCC(C)(CC)n1c(SCC(=O)O)nc2ccccc21. The Kier molecular flexibility index (Phi) is 4.38. The Bertz CT molecular complexity index is 617. The summed E-state index contributed by atoms with van der Waals surface area (Å²) >= 11 is 1.29. The summed E-state index contributed by atoms with van der Waals surface area (Å²) in [7, 11) is 0. The standard InChI is InChI=1S/C15H20N2O2S/c1-4-15(3,5-2)17-12-9-7-6-8-11(12)16-14(17)20-10-13(18)19/h6-9H,4-5,10H2,1-3H3,(H,18,19). The van der Waals surface area contributed by atoms with Crippen LogP contribution in [0.2, 0.25) is 0 Å². The molecule has 0 atom stereocenters. The number of fused-ring (bicyclic) bond motifs is 1. The molecule has 0 saturated heterocycles. The normalized spacial score (nSPS) is 11.9. The lowest BCUT2D eigenvalue weighted by Gasteiger charge is -2.31. The zero-order chi connectivity index (χ0) is 14.8. The monoisotopic (exact) mass is 292 g/mol. The number of carboxylic acids is 1. The highest BCUT2D eigenvalue weighted by molar-refractivity contribution is 7.99. The van der Waals surface area contributed by atoms with E-state index in [0.29, 0.717) is 0 Å². The van der Waals surface area contributed by atoms with Crippen LogP contribution in [0.25, 0.3) is 11.0 Å². The first-order valence-corrected chi connectivity index (χ1v) is 7.83. The first kappa shape index (κ1) is 14.9. The van der Waals surface area contributed by atoms with Gasteiger partial charge in [-0.05, 0) is 31.9 Å². The van der Waals surface area contributed by atoms with Crippen molar-refractivity contribution in [2.45, 2.75) is 44.3 Å². The number of para-hydroxylation sites is 2. The molecule has 108 valence electrons. The van der Waals surface area contributed by atoms with E-state index in [0.717, 1.165) is 29.0 Å². The molecule has 4 nitrogen and oxygen atoms in total. The number of imidazole rings is 1. The molecule has 1 aromatic heterocycles. The Morgan fingerprint density at radius 2 is 2.00 bits per heavy atom. The highest BCUT2D eigenvalue weighted by Crippen LogP contribution is 2.34. The van der Waals surface area contributed by atoms with Crippen molar-refractivity contribution in [1.29, 1.82) is 0 Å². The van der Waals surface area contributed by atoms with Crippen molar-refractivity contribution in [3.05, 3.63) is 24.3 Å². The molecule has 5 heteroatoms. The summed E-state index contributed by atoms with van der Waals surface area (Å²) in [6.45, 7) is 6.51. The average molecular weight is 292 g/mol. The number of nitrogens with zero attached hydrogens (tertiary/aromatic N) is 2. The van der Waals surface area contributed by atoms with Crippen LogP contribution in [0.3, 0.4) is 0 Å². The second-order valence-electron chi connectivity index (χ2n) is 5.10. The van der Waals surface area contributed by atoms with Gasteiger partial charge in [0.1, 0.15) is 0 Å². The summed E-state index contributed by atoms with van der Waals surface area (Å²) in [5.41, 5.74) is 1.96. The summed E-state index contributed by atoms with van der Waals surface area (Å²) in [6, 6.07) is 7.98. The largest absolute Gasteiger partial charge is 0.481 e. The van der Waals surface area contributed by atoms with Gasteiger partial charge in [-0.1, -0.05) is 37.7 Å². The number of benzene rings is 1. The smallest absolute Gasteiger partial charge is 0.313 e. The lowest BCUT2D eigenvalue weighted by molar-refractivity contribution is -0.133. The van der Waals surface area contributed by atoms with Crippen LogP contribution in [0.15, 0.2) is 29.4 Å². The molecule has 2 aromatic rings. The molecule has 0 bridgehead atoms. The number of hydrogen-bond acceptors (Lipinski definition) is 3. The zero-order valence-corrected chi connectivity index (χ0v) is 12.9. The predicted octanol–water partition coefficient (Wildman–Crippen LogP) is 3.75. The molecule has 0 aliphatic heterocycles. The van der Waals surface area contributed by atoms with Crippen LogP contribution in [0, 0.1) is 0 Å². The molecular weight excluding hydrogens is 272 g/mol. The first-order valence-electron chi connectivity index (χ1n) is 6.84. The Balaban J connectivity index is 2.58. The first-order chi connectivity index (χ1) is 9.51. The second-order valence-corrected chi connectivity index (χ2v) is 6.05. The third-order valence-electron chi connectivity index (χ3n) is 3.92. The molecule has 0 fully saturated rings. The number of aliphatic carboxylic acids is 1. The third kappa shape index (κ3) is 2.68. The van der Waals surface area contributed by atoms with Gasteiger partial charge in [0, 0.05) is 5.54 Å². The highest BCUT2D eigenvalue weighted by atomic mass is 32.2. The molecule has 20 heavy (non-hydrogen) atoms. The van der Waals surface area contributed by atoms with Gasteiger partial charge in [0.2, 0.25) is 0 Å². The van der Waals surface area contributed by atoms with E-state index in [-0.39, 0.29) is 11.3 Å². The van der Waals surface area contributed by atoms with Gasteiger partial charge in [-0.2, -0.15) is 0 Å². The summed E-state index contributed by atoms with van der Waals surface area (Å²) in [4.78, 5) is 15.4. The fraction of sp³-hybridized carbons (Fsp3) is 0.467. The summed E-state index contributed by atoms with van der Waals surface area (Å²) in [5, 5.41) is 9.69. The van der Waals surface area contributed by atoms with Gasteiger partial charge in [0.15, 0.2) is 5.16 Å². The number of carbonyl (C=O) groups is 1. The number of aromatic nitrogens is 2. The third-order valence-corrected chi connectivity index (χ3v) is 4.84. The molecule has 1 aromatic carbocycles. The van der Waals surface area contributed by atoms with Crippen LogP contribution >= 0.6 is 11.8 Å². The van der Waals surface area contributed by atoms with Crippen molar-refractivity contribution < 1.29 is 9.90 Å². The summed E-state index contributed by atoms with van der Waals surface area (Å²) < 4.78 is 2.20. The summed E-state index contributed by atoms with van der Waals surface area (Å²) in [5.74, 6) is -0.782. The molecule has 0 aliphatic carbocycles. The minimum Gasteiger partial charge on any atom is -0.481 e. The van der Waals surface area contributed by atoms with E-state index in [1.165, 1.54) is 11.8 Å². The maximum absolute atomic E-state index is 10.8. The Morgan fingerprint density at radius 3 is 2.60 bits per heavy atom. The van der Waals surface area contributed by atoms with Gasteiger partial charge < -0.3 is 9.67 Å². The molecule has 1 heterocycles. The zero-order valence-electron chi connectivity index (χ0n) is 12.1. The van der Waals surface area contributed by atoms with Crippen molar-refractivity contribution in [2.75, 3.05) is 5.75 Å². The van der Waals surface area contributed by atoms with Crippen LogP contribution in [-0.2, 0) is 10.3 Å². The molecular formula is C15H20N2O2S. The van der Waals surface area contributed by atoms with Crippen molar-refractivity contribution in [3.63, 3.8) is 0 Å². The molecule has 0 aliphatic rings. The number of carboxylic acid groups (broad SMARTS) is 1. The van der Waals surface area contributed by atoms with Crippen molar-refractivity contribution in [1.82, 2.24) is 9.55 Å². The topological polar surface area (TPSA) is 55.1 Å². The predicted molar refractivity (Wildman–Crippen MR) is 82.3 cm³/mol. The van der Waals surface area contributed by atoms with E-state index in [4.69, 9.17) is 5.11 Å². The lowest BCUT2D eigenvalue weighted by Crippen LogP contribution is -2.29. The van der Waals surface area contributed by atoms with Crippen LogP contribution < -0.4 is 0 Å². The van der Waals surface area contributed by atoms with Gasteiger partial charge >= 0.3 is 5.97 Å². The maximum atomic E-state index is 10.8. The van der Waals surface area contributed by atoms with Gasteiger partial charge in [-0.15, -0.1) is 0 Å². The van der Waals surface area contributed by atoms with E-state index in [1.54, 1.807) is 0 Å². The Labute approximate surface area is 123 Å². The summed E-state index contributed by atoms with van der Waals surface area (Å²) in [6.07, 6.45) is 1.95. The van der Waals surface area contributed by atoms with Gasteiger partial charge in [-0.25, -0.2) is 4.98 Å². The Morgan fingerprint density at radius 1 is 1.35 bits per heavy atom. The fourth-order valence-electron chi connectivity index (χ4n) is 2.31. The van der Waals surface area contributed by atoms with Gasteiger partial charge in [0.05, 0.1) is 16.8 Å². The van der Waals surface area contributed by atoms with Gasteiger partial charge in [0.25, 0.3) is 0 Å². The molecule has 0 saturated carbocycles. The quantitative estimate of drug-likeness (QED) is 0.824. The van der Waals surface area contributed by atoms with Crippen LogP contribution in [-0.4, -0.2) is 26.4 Å². The van der Waals surface area contributed by atoms with Crippen LogP contribution in [0.5, 0.6) is 0 Å². The lowest BCUT2D eigenvalue weighted by atomic mass is 9.95. The highest BCUT2D eigenvalue weighted by Gasteiger charge is 2.27. The van der Waals surface area contributed by atoms with E-state index >= 15 is 0 Å². The van der Waals surface area contributed by atoms with Crippen molar-refractivity contribution in [2.24, 2.45) is 0 Å². The number of thioether (sulfide) groups is 1.